The summed E-state index contributed by atoms with van der Waals surface area (Å²) >= 11 is 0. The van der Waals surface area contributed by atoms with Crippen molar-refractivity contribution in [2.24, 2.45) is 11.7 Å². The van der Waals surface area contributed by atoms with Crippen LogP contribution in [0.4, 0.5) is 5.69 Å². The molecule has 146 valence electrons. The zero-order valence-electron chi connectivity index (χ0n) is 16.0. The average Bonchev–Trinajstić information content (AvgIpc) is 3.35. The Morgan fingerprint density at radius 3 is 2.82 bits per heavy atom. The Balaban J connectivity index is 1.68. The molecule has 1 saturated carbocycles. The number of nitrogens with two attached hydrogens (primary N) is 1. The number of anilines is 1. The molecular formula is C19H23N7O2. The standard InChI is InChI=1S/C19H23N7O2/c1-11-5-9-26(18(28)19(21-2)6-7-19)10-13(11)25(3)15-12-4-8-22-17(12)24-23-14(15)16(20)27/h4,8,11,13H,5-7,9-10H2,1,3H3,(H2,20,27)(H,22,24). The molecular weight excluding hydrogens is 358 g/mol. The van der Waals surface area contributed by atoms with Gasteiger partial charge in [0.15, 0.2) is 11.3 Å². The van der Waals surface area contributed by atoms with Gasteiger partial charge in [-0.15, -0.1) is 10.2 Å². The summed E-state index contributed by atoms with van der Waals surface area (Å²) in [6.07, 6.45) is 3.86. The van der Waals surface area contributed by atoms with Crippen LogP contribution in [0.25, 0.3) is 15.9 Å². The molecule has 1 aliphatic carbocycles. The van der Waals surface area contributed by atoms with Gasteiger partial charge in [0.05, 0.1) is 5.69 Å². The fourth-order valence-electron chi connectivity index (χ4n) is 4.12. The van der Waals surface area contributed by atoms with Gasteiger partial charge in [0.25, 0.3) is 5.91 Å². The minimum atomic E-state index is -0.839. The summed E-state index contributed by atoms with van der Waals surface area (Å²) in [6.45, 7) is 10.7. The quantitative estimate of drug-likeness (QED) is 0.773. The highest BCUT2D eigenvalue weighted by atomic mass is 16.2. The van der Waals surface area contributed by atoms with Crippen molar-refractivity contribution in [2.45, 2.75) is 37.8 Å². The second-order valence-electron chi connectivity index (χ2n) is 7.84. The molecule has 2 aliphatic rings. The van der Waals surface area contributed by atoms with Crippen LogP contribution in [-0.4, -0.2) is 63.6 Å². The lowest BCUT2D eigenvalue weighted by atomic mass is 9.91. The molecule has 3 heterocycles. The van der Waals surface area contributed by atoms with Gasteiger partial charge in [0.2, 0.25) is 0 Å². The van der Waals surface area contributed by atoms with Gasteiger partial charge in [0, 0.05) is 50.6 Å². The molecule has 0 bridgehead atoms. The summed E-state index contributed by atoms with van der Waals surface area (Å²) in [7, 11) is 1.90. The van der Waals surface area contributed by atoms with E-state index in [-0.39, 0.29) is 17.6 Å². The third kappa shape index (κ3) is 2.76. The minimum Gasteiger partial charge on any atom is -0.367 e. The Labute approximate surface area is 162 Å². The van der Waals surface area contributed by atoms with Gasteiger partial charge in [0.1, 0.15) is 0 Å². The Bertz CT molecular complexity index is 988. The highest BCUT2D eigenvalue weighted by Crippen LogP contribution is 2.42. The number of amides is 2. The number of hydrogen-bond acceptors (Lipinski definition) is 5. The first kappa shape index (κ1) is 18.2. The number of H-pyrrole nitrogens is 1. The number of rotatable bonds is 4. The predicted molar refractivity (Wildman–Crippen MR) is 104 cm³/mol. The highest BCUT2D eigenvalue weighted by Gasteiger charge is 2.60. The summed E-state index contributed by atoms with van der Waals surface area (Å²) in [6, 6.07) is 1.82. The molecule has 1 saturated heterocycles. The molecule has 28 heavy (non-hydrogen) atoms. The molecule has 2 fully saturated rings. The van der Waals surface area contributed by atoms with Crippen molar-refractivity contribution >= 4 is 28.5 Å². The largest absolute Gasteiger partial charge is 0.367 e. The lowest BCUT2D eigenvalue weighted by molar-refractivity contribution is -0.134. The molecule has 2 amide bonds. The Morgan fingerprint density at radius 1 is 1.43 bits per heavy atom. The lowest BCUT2D eigenvalue weighted by Gasteiger charge is -2.42. The van der Waals surface area contributed by atoms with Crippen LogP contribution < -0.4 is 10.6 Å². The first-order valence-corrected chi connectivity index (χ1v) is 9.42. The predicted octanol–water partition coefficient (Wildman–Crippen LogP) is 1.18. The van der Waals surface area contributed by atoms with Gasteiger partial charge in [-0.1, -0.05) is 6.92 Å². The molecule has 3 N–H and O–H groups in total. The van der Waals surface area contributed by atoms with Crippen LogP contribution in [0, 0.1) is 12.5 Å². The van der Waals surface area contributed by atoms with Crippen LogP contribution in [0.15, 0.2) is 12.3 Å². The number of likely N-dealkylation sites (tertiary alicyclic amines) is 1. The van der Waals surface area contributed by atoms with Crippen molar-refractivity contribution in [3.05, 3.63) is 29.4 Å². The van der Waals surface area contributed by atoms with Crippen molar-refractivity contribution in [1.29, 1.82) is 0 Å². The number of fused-ring (bicyclic) bond motifs is 1. The van der Waals surface area contributed by atoms with E-state index >= 15 is 0 Å². The second-order valence-corrected chi connectivity index (χ2v) is 7.84. The van der Waals surface area contributed by atoms with Crippen LogP contribution in [0.3, 0.4) is 0 Å². The number of aromatic nitrogens is 3. The summed E-state index contributed by atoms with van der Waals surface area (Å²) < 4.78 is 0. The lowest BCUT2D eigenvalue weighted by Crippen LogP contribution is -2.55. The van der Waals surface area contributed by atoms with Crippen molar-refractivity contribution in [3.8, 4) is 0 Å². The zero-order valence-corrected chi connectivity index (χ0v) is 16.0. The van der Waals surface area contributed by atoms with E-state index in [0.717, 1.165) is 11.8 Å². The van der Waals surface area contributed by atoms with Gasteiger partial charge >= 0.3 is 11.4 Å². The number of primary amides is 1. The number of piperidine rings is 1. The minimum absolute atomic E-state index is 0.0281. The van der Waals surface area contributed by atoms with Gasteiger partial charge in [-0.2, -0.15) is 0 Å². The zero-order chi connectivity index (χ0) is 20.1. The topological polar surface area (TPSA) is 113 Å². The fourth-order valence-corrected chi connectivity index (χ4v) is 4.12. The number of aromatic amines is 1. The number of likely N-dealkylation sites (N-methyl/N-ethyl adjacent to an activating group) is 1. The van der Waals surface area contributed by atoms with E-state index in [4.69, 9.17) is 12.3 Å². The van der Waals surface area contributed by atoms with Gasteiger partial charge in [-0.3, -0.25) is 14.4 Å². The molecule has 0 spiro atoms. The summed E-state index contributed by atoms with van der Waals surface area (Å²) in [5.74, 6) is -0.415. The van der Waals surface area contributed by atoms with Crippen LogP contribution in [0.2, 0.25) is 0 Å². The van der Waals surface area contributed by atoms with Crippen molar-refractivity contribution in [3.63, 3.8) is 0 Å². The van der Waals surface area contributed by atoms with Crippen LogP contribution in [-0.2, 0) is 4.79 Å². The monoisotopic (exact) mass is 381 g/mol. The normalized spacial score (nSPS) is 23.2. The molecule has 1 aliphatic heterocycles. The van der Waals surface area contributed by atoms with Crippen LogP contribution in [0.1, 0.15) is 36.7 Å². The molecule has 2 aromatic heterocycles. The Morgan fingerprint density at radius 2 is 2.18 bits per heavy atom. The maximum atomic E-state index is 12.9. The van der Waals surface area contributed by atoms with Gasteiger partial charge in [-0.25, -0.2) is 6.57 Å². The second kappa shape index (κ2) is 6.48. The maximum Gasteiger partial charge on any atom is 0.309 e. The van der Waals surface area contributed by atoms with Crippen molar-refractivity contribution in [2.75, 3.05) is 25.0 Å². The molecule has 4 rings (SSSR count). The Kier molecular flexibility index (Phi) is 4.22. The molecule has 0 aromatic carbocycles. The number of carbonyl (C=O) groups excluding carboxylic acids is 2. The summed E-state index contributed by atoms with van der Waals surface area (Å²) in [4.78, 5) is 35.2. The molecule has 9 nitrogen and oxygen atoms in total. The molecule has 2 aromatic rings. The van der Waals surface area contributed by atoms with Gasteiger partial charge in [-0.05, 0) is 18.4 Å². The molecule has 9 heteroatoms. The maximum absolute atomic E-state index is 12.9. The number of nitrogens with one attached hydrogen (secondary N) is 1. The van der Waals surface area contributed by atoms with E-state index in [1.165, 1.54) is 0 Å². The highest BCUT2D eigenvalue weighted by molar-refractivity contribution is 6.04. The Hall–Kier alpha value is -3.15. The average molecular weight is 381 g/mol. The molecule has 0 radical (unpaired) electrons. The third-order valence-corrected chi connectivity index (χ3v) is 6.08. The smallest absolute Gasteiger partial charge is 0.309 e. The van der Waals surface area contributed by atoms with Crippen molar-refractivity contribution in [1.82, 2.24) is 20.1 Å². The summed E-state index contributed by atoms with van der Waals surface area (Å²) in [5, 5.41) is 8.82. The molecule has 2 atom stereocenters. The van der Waals surface area contributed by atoms with E-state index < -0.39 is 11.4 Å². The number of carbonyl (C=O) groups is 2. The third-order valence-electron chi connectivity index (χ3n) is 6.08. The van der Waals surface area contributed by atoms with Crippen LogP contribution >= 0.6 is 0 Å². The van der Waals surface area contributed by atoms with E-state index in [1.54, 1.807) is 11.1 Å². The van der Waals surface area contributed by atoms with Crippen molar-refractivity contribution < 1.29 is 9.59 Å². The van der Waals surface area contributed by atoms with E-state index in [9.17, 15) is 9.59 Å². The fraction of sp³-hybridized carbons (Fsp3) is 0.526. The first-order valence-electron chi connectivity index (χ1n) is 9.42. The number of nitrogens with zero attached hydrogens (tertiary/aromatic N) is 5. The molecule has 2 unspecified atom stereocenters. The van der Waals surface area contributed by atoms with E-state index in [2.05, 4.69) is 27.0 Å². The summed E-state index contributed by atoms with van der Waals surface area (Å²) in [5.41, 5.74) is 6.03. The first-order chi connectivity index (χ1) is 13.4. The SMILES string of the molecule is [C-]#[N+]C1(C(=O)N2CCC(C)C(N(C)c3c(C(N)=O)nnc4[nH]ccc34)C2)CC1. The van der Waals surface area contributed by atoms with Gasteiger partial charge < -0.3 is 20.5 Å². The van der Waals surface area contributed by atoms with E-state index in [0.29, 0.717) is 43.2 Å². The number of hydrogen-bond donors (Lipinski definition) is 2. The van der Waals surface area contributed by atoms with E-state index in [1.807, 2.05) is 18.0 Å². The van der Waals surface area contributed by atoms with Crippen LogP contribution in [0.5, 0.6) is 0 Å².